The Morgan fingerprint density at radius 1 is 0.941 bits per heavy atom. The molecule has 0 saturated carbocycles. The molecule has 4 rings (SSSR count). The number of hydrogen-bond donors (Lipinski definition) is 2. The first-order chi connectivity index (χ1) is 16.3. The molecule has 0 saturated heterocycles. The molecule has 2 N–H and O–H groups in total. The highest BCUT2D eigenvalue weighted by Crippen LogP contribution is 2.31. The van der Waals surface area contributed by atoms with Crippen molar-refractivity contribution in [3.63, 3.8) is 0 Å². The number of carbonyl (C=O) groups is 1. The van der Waals surface area contributed by atoms with E-state index in [4.69, 9.17) is 4.74 Å². The minimum Gasteiger partial charge on any atom is -0.457 e. The maximum atomic E-state index is 13.0. The zero-order chi connectivity index (χ0) is 24.3. The number of anilines is 1. The first-order valence-electron chi connectivity index (χ1n) is 10.8. The van der Waals surface area contributed by atoms with Crippen molar-refractivity contribution in [2.45, 2.75) is 24.7 Å². The molecular weight excluding hydrogens is 450 g/mol. The van der Waals surface area contributed by atoms with Gasteiger partial charge in [0.05, 0.1) is 10.6 Å². The predicted molar refractivity (Wildman–Crippen MR) is 133 cm³/mol. The Bertz CT molecular complexity index is 1450. The minimum absolute atomic E-state index is 0.207. The molecule has 1 amide bonds. The average Bonchev–Trinajstić information content (AvgIpc) is 2.83. The first kappa shape index (κ1) is 23.3. The lowest BCUT2D eigenvalue weighted by molar-refractivity contribution is 0.0958. The summed E-state index contributed by atoms with van der Waals surface area (Å²) in [7, 11) is -2.21. The Labute approximate surface area is 198 Å². The molecule has 0 atom stereocenters. The Morgan fingerprint density at radius 2 is 1.68 bits per heavy atom. The lowest BCUT2D eigenvalue weighted by atomic mass is 10.0. The third kappa shape index (κ3) is 5.02. The zero-order valence-corrected chi connectivity index (χ0v) is 19.9. The molecule has 4 aromatic rings. The first-order valence-corrected chi connectivity index (χ1v) is 12.3. The van der Waals surface area contributed by atoms with Crippen LogP contribution < -0.4 is 14.8 Å². The summed E-state index contributed by atoms with van der Waals surface area (Å²) in [5, 5.41) is 4.06. The number of nitrogens with zero attached hydrogens (tertiary/aromatic N) is 1. The van der Waals surface area contributed by atoms with Gasteiger partial charge in [-0.2, -0.15) is 0 Å². The molecule has 174 valence electrons. The van der Waals surface area contributed by atoms with Gasteiger partial charge in [-0.25, -0.2) is 8.42 Å². The Kier molecular flexibility index (Phi) is 6.51. The molecule has 3 aromatic carbocycles. The van der Waals surface area contributed by atoms with Crippen LogP contribution in [0.5, 0.6) is 11.5 Å². The van der Waals surface area contributed by atoms with Crippen molar-refractivity contribution in [3.8, 4) is 11.5 Å². The topological polar surface area (TPSA) is 97.4 Å². The number of benzene rings is 3. The van der Waals surface area contributed by atoms with Crippen molar-refractivity contribution < 1.29 is 17.9 Å². The number of carbonyl (C=O) groups excluding carboxylic acids is 1. The van der Waals surface area contributed by atoms with Crippen LogP contribution in [0.2, 0.25) is 0 Å². The van der Waals surface area contributed by atoms with Crippen LogP contribution in [-0.4, -0.2) is 26.4 Å². The third-order valence-corrected chi connectivity index (χ3v) is 6.76. The van der Waals surface area contributed by atoms with Gasteiger partial charge in [-0.3, -0.25) is 14.5 Å². The highest BCUT2D eigenvalue weighted by molar-refractivity contribution is 7.92. The summed E-state index contributed by atoms with van der Waals surface area (Å²) in [6.07, 6.45) is 1.50. The minimum atomic E-state index is -3.75. The number of hydrogen-bond acceptors (Lipinski definition) is 5. The lowest BCUT2D eigenvalue weighted by Gasteiger charge is -2.13. The van der Waals surface area contributed by atoms with Gasteiger partial charge in [-0.15, -0.1) is 0 Å². The molecule has 0 aliphatic heterocycles. The molecule has 0 unspecified atom stereocenters. The van der Waals surface area contributed by atoms with Crippen molar-refractivity contribution in [1.82, 2.24) is 10.3 Å². The molecule has 0 radical (unpaired) electrons. The van der Waals surface area contributed by atoms with E-state index in [1.165, 1.54) is 13.2 Å². The van der Waals surface area contributed by atoms with E-state index in [2.05, 4.69) is 28.9 Å². The highest BCUT2D eigenvalue weighted by atomic mass is 32.2. The standard InChI is InChI=1S/C26H25N3O4S/c1-17(2)18-7-10-22(11-8-18)34(31,32)29-24-6-4-5-19-15-20(9-12-23(19)24)33-21-13-14-28-25(16-21)26(30)27-3/h4-17,29H,1-3H3,(H,27,30). The van der Waals surface area contributed by atoms with E-state index in [1.807, 2.05) is 24.3 Å². The molecule has 8 heteroatoms. The second kappa shape index (κ2) is 9.52. The fourth-order valence-corrected chi connectivity index (χ4v) is 4.59. The quantitative estimate of drug-likeness (QED) is 0.377. The van der Waals surface area contributed by atoms with E-state index in [0.717, 1.165) is 16.3 Å². The van der Waals surface area contributed by atoms with E-state index >= 15 is 0 Å². The number of amides is 1. The van der Waals surface area contributed by atoms with Gasteiger partial charge < -0.3 is 10.1 Å². The Morgan fingerprint density at radius 3 is 2.38 bits per heavy atom. The molecule has 0 aliphatic carbocycles. The molecule has 0 spiro atoms. The van der Waals surface area contributed by atoms with Crippen molar-refractivity contribution in [2.75, 3.05) is 11.8 Å². The number of aromatic nitrogens is 1. The van der Waals surface area contributed by atoms with Crippen LogP contribution in [0.25, 0.3) is 10.8 Å². The Hall–Kier alpha value is -3.91. The largest absolute Gasteiger partial charge is 0.457 e. The van der Waals surface area contributed by atoms with E-state index in [0.29, 0.717) is 23.1 Å². The summed E-state index contributed by atoms with van der Waals surface area (Å²) in [4.78, 5) is 16.0. The van der Waals surface area contributed by atoms with Crippen molar-refractivity contribution in [3.05, 3.63) is 90.3 Å². The van der Waals surface area contributed by atoms with Crippen molar-refractivity contribution in [2.24, 2.45) is 0 Å². The highest BCUT2D eigenvalue weighted by Gasteiger charge is 2.16. The molecule has 34 heavy (non-hydrogen) atoms. The van der Waals surface area contributed by atoms with Crippen LogP contribution in [0.3, 0.4) is 0 Å². The van der Waals surface area contributed by atoms with Crippen molar-refractivity contribution in [1.29, 1.82) is 0 Å². The van der Waals surface area contributed by atoms with E-state index < -0.39 is 10.0 Å². The fraction of sp³-hybridized carbons (Fsp3) is 0.154. The molecular formula is C26H25N3O4S. The number of sulfonamides is 1. The summed E-state index contributed by atoms with van der Waals surface area (Å²) in [6, 6.07) is 20.9. The van der Waals surface area contributed by atoms with Gasteiger partial charge in [0.15, 0.2) is 0 Å². The summed E-state index contributed by atoms with van der Waals surface area (Å²) in [6.45, 7) is 4.12. The zero-order valence-electron chi connectivity index (χ0n) is 19.1. The second-order valence-electron chi connectivity index (χ2n) is 8.08. The monoisotopic (exact) mass is 475 g/mol. The Balaban J connectivity index is 1.59. The summed E-state index contributed by atoms with van der Waals surface area (Å²) in [5.74, 6) is 1.03. The molecule has 0 fully saturated rings. The van der Waals surface area contributed by atoms with Crippen LogP contribution in [0, 0.1) is 0 Å². The van der Waals surface area contributed by atoms with Gasteiger partial charge in [0.25, 0.3) is 15.9 Å². The third-order valence-electron chi connectivity index (χ3n) is 5.38. The number of fused-ring (bicyclic) bond motifs is 1. The molecule has 0 aliphatic rings. The number of pyridine rings is 1. The maximum absolute atomic E-state index is 13.0. The maximum Gasteiger partial charge on any atom is 0.269 e. The SMILES string of the molecule is CNC(=O)c1cc(Oc2ccc3c(NS(=O)(=O)c4ccc(C(C)C)cc4)cccc3c2)ccn1. The molecule has 0 bridgehead atoms. The summed E-state index contributed by atoms with van der Waals surface area (Å²) < 4.78 is 34.5. The van der Waals surface area contributed by atoms with Crippen LogP contribution >= 0.6 is 0 Å². The van der Waals surface area contributed by atoms with Gasteiger partial charge in [0.2, 0.25) is 0 Å². The van der Waals surface area contributed by atoms with Crippen LogP contribution in [-0.2, 0) is 10.0 Å². The van der Waals surface area contributed by atoms with Gasteiger partial charge >= 0.3 is 0 Å². The smallest absolute Gasteiger partial charge is 0.269 e. The van der Waals surface area contributed by atoms with Crippen molar-refractivity contribution >= 4 is 32.4 Å². The van der Waals surface area contributed by atoms with Crippen LogP contribution in [0.15, 0.2) is 83.9 Å². The number of ether oxygens (including phenoxy) is 1. The van der Waals surface area contributed by atoms with Gasteiger partial charge in [0.1, 0.15) is 17.2 Å². The van der Waals surface area contributed by atoms with Gasteiger partial charge in [-0.05, 0) is 59.3 Å². The van der Waals surface area contributed by atoms with Crippen LogP contribution in [0.1, 0.15) is 35.8 Å². The number of nitrogens with one attached hydrogen (secondary N) is 2. The van der Waals surface area contributed by atoms with Gasteiger partial charge in [-0.1, -0.05) is 38.1 Å². The van der Waals surface area contributed by atoms with E-state index in [1.54, 1.807) is 48.5 Å². The number of rotatable bonds is 7. The summed E-state index contributed by atoms with van der Waals surface area (Å²) >= 11 is 0. The molecule has 1 heterocycles. The van der Waals surface area contributed by atoms with E-state index in [9.17, 15) is 13.2 Å². The summed E-state index contributed by atoms with van der Waals surface area (Å²) in [5.41, 5.74) is 1.80. The molecule has 1 aromatic heterocycles. The van der Waals surface area contributed by atoms with Gasteiger partial charge in [0, 0.05) is 24.7 Å². The normalized spacial score (nSPS) is 11.4. The predicted octanol–water partition coefficient (Wildman–Crippen LogP) is 5.31. The second-order valence-corrected chi connectivity index (χ2v) is 9.76. The fourth-order valence-electron chi connectivity index (χ4n) is 3.51. The molecule has 7 nitrogen and oxygen atoms in total. The van der Waals surface area contributed by atoms with Crippen LogP contribution in [0.4, 0.5) is 5.69 Å². The van der Waals surface area contributed by atoms with E-state index in [-0.39, 0.29) is 16.5 Å². The average molecular weight is 476 g/mol. The lowest BCUT2D eigenvalue weighted by Crippen LogP contribution is -2.18.